The summed E-state index contributed by atoms with van der Waals surface area (Å²) in [6, 6.07) is 8.98. The lowest BCUT2D eigenvalue weighted by Gasteiger charge is -2.08. The molecule has 122 valence electrons. The van der Waals surface area contributed by atoms with Crippen LogP contribution < -0.4 is 16.2 Å². The van der Waals surface area contributed by atoms with Gasteiger partial charge in [0.2, 0.25) is 5.95 Å². The van der Waals surface area contributed by atoms with Crippen molar-refractivity contribution in [3.63, 3.8) is 0 Å². The number of H-pyrrole nitrogens is 1. The van der Waals surface area contributed by atoms with Gasteiger partial charge in [0.05, 0.1) is 29.8 Å². The van der Waals surface area contributed by atoms with Crippen LogP contribution in [0.25, 0.3) is 22.6 Å². The van der Waals surface area contributed by atoms with Crippen LogP contribution in [0.2, 0.25) is 0 Å². The first-order valence-corrected chi connectivity index (χ1v) is 7.26. The average Bonchev–Trinajstić information content (AvgIpc) is 3.00. The number of anilines is 1. The molecule has 0 saturated carbocycles. The lowest BCUT2D eigenvalue weighted by Crippen LogP contribution is -2.11. The molecule has 24 heavy (non-hydrogen) atoms. The van der Waals surface area contributed by atoms with Crippen molar-refractivity contribution in [2.24, 2.45) is 5.73 Å². The largest absolute Gasteiger partial charge is 0.497 e. The zero-order valence-electron chi connectivity index (χ0n) is 13.3. The maximum absolute atomic E-state index is 11.9. The van der Waals surface area contributed by atoms with E-state index in [-0.39, 0.29) is 5.95 Å². The van der Waals surface area contributed by atoms with Crippen molar-refractivity contribution in [2.45, 2.75) is 6.92 Å². The molecule has 0 spiro atoms. The quantitative estimate of drug-likeness (QED) is 0.679. The van der Waals surface area contributed by atoms with Gasteiger partial charge in [0, 0.05) is 11.8 Å². The van der Waals surface area contributed by atoms with E-state index in [2.05, 4.69) is 15.0 Å². The normalized spacial score (nSPS) is 10.6. The number of hydrogen-bond donors (Lipinski definition) is 3. The number of aromatic amines is 1. The van der Waals surface area contributed by atoms with Crippen LogP contribution in [0.4, 0.5) is 5.95 Å². The van der Waals surface area contributed by atoms with Crippen molar-refractivity contribution in [1.82, 2.24) is 15.0 Å². The number of nitrogens with zero attached hydrogens (tertiary/aromatic N) is 2. The SMILES string of the molecule is COc1ccc(-c2[nH]c(-c3ccnc(N)n3)cc2C(N)=O)c(C)c1. The second-order valence-electron chi connectivity index (χ2n) is 5.32. The fourth-order valence-electron chi connectivity index (χ4n) is 2.57. The Balaban J connectivity index is 2.16. The maximum atomic E-state index is 11.9. The highest BCUT2D eigenvalue weighted by atomic mass is 16.5. The first-order chi connectivity index (χ1) is 11.5. The Morgan fingerprint density at radius 2 is 2.04 bits per heavy atom. The number of methoxy groups -OCH3 is 1. The molecule has 0 aliphatic rings. The second kappa shape index (κ2) is 6.04. The third-order valence-electron chi connectivity index (χ3n) is 3.74. The van der Waals surface area contributed by atoms with Gasteiger partial charge in [-0.25, -0.2) is 9.97 Å². The van der Waals surface area contributed by atoms with Gasteiger partial charge >= 0.3 is 0 Å². The Morgan fingerprint density at radius 1 is 1.25 bits per heavy atom. The van der Waals surface area contributed by atoms with Gasteiger partial charge in [-0.15, -0.1) is 0 Å². The molecule has 1 aromatic carbocycles. The summed E-state index contributed by atoms with van der Waals surface area (Å²) in [6.07, 6.45) is 1.56. The number of amides is 1. The maximum Gasteiger partial charge on any atom is 0.250 e. The summed E-state index contributed by atoms with van der Waals surface area (Å²) in [5.41, 5.74) is 15.2. The van der Waals surface area contributed by atoms with E-state index in [1.807, 2.05) is 25.1 Å². The van der Waals surface area contributed by atoms with Gasteiger partial charge in [-0.2, -0.15) is 0 Å². The fourth-order valence-corrected chi connectivity index (χ4v) is 2.57. The molecule has 7 heteroatoms. The topological polar surface area (TPSA) is 120 Å². The Morgan fingerprint density at radius 3 is 2.67 bits per heavy atom. The molecule has 5 N–H and O–H groups in total. The molecule has 0 fully saturated rings. The van der Waals surface area contributed by atoms with Crippen LogP contribution in [0.15, 0.2) is 36.5 Å². The molecule has 0 atom stereocenters. The predicted octanol–water partition coefficient (Wildman–Crippen LogP) is 2.14. The van der Waals surface area contributed by atoms with Crippen LogP contribution >= 0.6 is 0 Å². The Kier molecular flexibility index (Phi) is 3.91. The summed E-state index contributed by atoms with van der Waals surface area (Å²) < 4.78 is 5.22. The summed E-state index contributed by atoms with van der Waals surface area (Å²) in [6.45, 7) is 1.94. The van der Waals surface area contributed by atoms with E-state index in [1.165, 1.54) is 0 Å². The number of aromatic nitrogens is 3. The summed E-state index contributed by atoms with van der Waals surface area (Å²) in [5, 5.41) is 0. The second-order valence-corrected chi connectivity index (χ2v) is 5.32. The predicted molar refractivity (Wildman–Crippen MR) is 91.5 cm³/mol. The highest BCUT2D eigenvalue weighted by Gasteiger charge is 2.18. The lowest BCUT2D eigenvalue weighted by atomic mass is 10.0. The van der Waals surface area contributed by atoms with Crippen molar-refractivity contribution < 1.29 is 9.53 Å². The van der Waals surface area contributed by atoms with Gasteiger partial charge in [-0.05, 0) is 42.8 Å². The number of carbonyl (C=O) groups is 1. The summed E-state index contributed by atoms with van der Waals surface area (Å²) in [4.78, 5) is 23.1. The van der Waals surface area contributed by atoms with E-state index in [1.54, 1.807) is 25.4 Å². The Hall–Kier alpha value is -3.35. The molecule has 0 aliphatic heterocycles. The molecule has 0 saturated heterocycles. The van der Waals surface area contributed by atoms with Crippen LogP contribution in [-0.4, -0.2) is 28.0 Å². The number of carbonyl (C=O) groups excluding carboxylic acids is 1. The zero-order chi connectivity index (χ0) is 17.3. The van der Waals surface area contributed by atoms with Crippen LogP contribution in [0, 0.1) is 6.92 Å². The standard InChI is InChI=1S/C17H17N5O2/c1-9-7-10(24-2)3-4-11(9)15-12(16(18)23)8-14(21-15)13-5-6-20-17(19)22-13/h3-8,21H,1-2H3,(H2,18,23)(H2,19,20,22). The van der Waals surface area contributed by atoms with Gasteiger partial charge in [0.25, 0.3) is 5.91 Å². The summed E-state index contributed by atoms with van der Waals surface area (Å²) in [7, 11) is 1.61. The number of nitrogens with one attached hydrogen (secondary N) is 1. The first-order valence-electron chi connectivity index (χ1n) is 7.26. The average molecular weight is 323 g/mol. The smallest absolute Gasteiger partial charge is 0.250 e. The van der Waals surface area contributed by atoms with E-state index in [0.717, 1.165) is 16.9 Å². The molecule has 0 unspecified atom stereocenters. The molecule has 2 aromatic heterocycles. The number of primary amides is 1. The molecule has 3 rings (SSSR count). The number of ether oxygens (including phenoxy) is 1. The summed E-state index contributed by atoms with van der Waals surface area (Å²) >= 11 is 0. The van der Waals surface area contributed by atoms with Gasteiger partial charge in [-0.3, -0.25) is 4.79 Å². The molecular weight excluding hydrogens is 306 g/mol. The van der Waals surface area contributed by atoms with Crippen molar-refractivity contribution in [3.8, 4) is 28.4 Å². The zero-order valence-corrected chi connectivity index (χ0v) is 13.3. The minimum absolute atomic E-state index is 0.157. The van der Waals surface area contributed by atoms with E-state index < -0.39 is 5.91 Å². The van der Waals surface area contributed by atoms with Crippen LogP contribution in [0.1, 0.15) is 15.9 Å². The molecule has 0 bridgehead atoms. The lowest BCUT2D eigenvalue weighted by molar-refractivity contribution is 0.100. The molecular formula is C17H17N5O2. The van der Waals surface area contributed by atoms with E-state index in [0.29, 0.717) is 22.6 Å². The first kappa shape index (κ1) is 15.5. The van der Waals surface area contributed by atoms with Crippen LogP contribution in [-0.2, 0) is 0 Å². The fraction of sp³-hybridized carbons (Fsp3) is 0.118. The van der Waals surface area contributed by atoms with E-state index in [9.17, 15) is 4.79 Å². The van der Waals surface area contributed by atoms with Gasteiger partial charge < -0.3 is 21.2 Å². The van der Waals surface area contributed by atoms with Crippen LogP contribution in [0.5, 0.6) is 5.75 Å². The molecule has 1 amide bonds. The molecule has 3 aromatic rings. The van der Waals surface area contributed by atoms with Gasteiger partial charge in [0.15, 0.2) is 0 Å². The molecule has 7 nitrogen and oxygen atoms in total. The minimum Gasteiger partial charge on any atom is -0.497 e. The minimum atomic E-state index is -0.523. The van der Waals surface area contributed by atoms with Crippen molar-refractivity contribution in [1.29, 1.82) is 0 Å². The molecule has 0 aliphatic carbocycles. The number of nitrogens with two attached hydrogens (primary N) is 2. The van der Waals surface area contributed by atoms with Crippen molar-refractivity contribution in [3.05, 3.63) is 47.7 Å². The van der Waals surface area contributed by atoms with Crippen molar-refractivity contribution in [2.75, 3.05) is 12.8 Å². The Labute approximate surface area is 138 Å². The molecule has 2 heterocycles. The number of aryl methyl sites for hydroxylation is 1. The monoisotopic (exact) mass is 323 g/mol. The number of benzene rings is 1. The third-order valence-corrected chi connectivity index (χ3v) is 3.74. The van der Waals surface area contributed by atoms with Crippen LogP contribution in [0.3, 0.4) is 0 Å². The van der Waals surface area contributed by atoms with E-state index >= 15 is 0 Å². The number of hydrogen-bond acceptors (Lipinski definition) is 5. The highest BCUT2D eigenvalue weighted by molar-refractivity contribution is 6.01. The van der Waals surface area contributed by atoms with E-state index in [4.69, 9.17) is 16.2 Å². The van der Waals surface area contributed by atoms with Gasteiger partial charge in [0.1, 0.15) is 5.75 Å². The third kappa shape index (κ3) is 2.79. The number of rotatable bonds is 4. The van der Waals surface area contributed by atoms with Crippen molar-refractivity contribution >= 4 is 11.9 Å². The van der Waals surface area contributed by atoms with Gasteiger partial charge in [-0.1, -0.05) is 0 Å². The molecule has 0 radical (unpaired) electrons. The highest BCUT2D eigenvalue weighted by Crippen LogP contribution is 2.32. The number of nitrogen functional groups attached to an aromatic ring is 1. The Bertz CT molecular complexity index is 917. The summed E-state index contributed by atoms with van der Waals surface area (Å²) in [5.74, 6) is 0.377.